The molecular formula is C17H14ClN. The van der Waals surface area contributed by atoms with Crippen LogP contribution < -0.4 is 0 Å². The van der Waals surface area contributed by atoms with Crippen LogP contribution in [0.15, 0.2) is 67.0 Å². The zero-order valence-corrected chi connectivity index (χ0v) is 11.2. The molecule has 1 heterocycles. The van der Waals surface area contributed by atoms with Crippen LogP contribution in [0.4, 0.5) is 0 Å². The third-order valence-electron chi connectivity index (χ3n) is 3.33. The first-order chi connectivity index (χ1) is 9.34. The summed E-state index contributed by atoms with van der Waals surface area (Å²) in [5.74, 6) is 0. The van der Waals surface area contributed by atoms with Crippen molar-refractivity contribution in [1.29, 1.82) is 0 Å². The topological polar surface area (TPSA) is 12.9 Å². The molecule has 0 saturated heterocycles. The molecule has 19 heavy (non-hydrogen) atoms. The lowest BCUT2D eigenvalue weighted by atomic mass is 9.99. The summed E-state index contributed by atoms with van der Waals surface area (Å²) in [6.07, 6.45) is 4.42. The highest BCUT2D eigenvalue weighted by Crippen LogP contribution is 2.28. The van der Waals surface area contributed by atoms with E-state index in [0.29, 0.717) is 0 Å². The SMILES string of the molecule is ClC(Cc1cccc2ccccc12)c1cccnc1. The first-order valence-electron chi connectivity index (χ1n) is 6.35. The number of hydrogen-bond donors (Lipinski definition) is 0. The number of pyridine rings is 1. The molecule has 0 aliphatic carbocycles. The van der Waals surface area contributed by atoms with Crippen molar-refractivity contribution >= 4 is 22.4 Å². The van der Waals surface area contributed by atoms with Crippen LogP contribution in [0, 0.1) is 0 Å². The molecule has 0 N–H and O–H groups in total. The van der Waals surface area contributed by atoms with Gasteiger partial charge in [-0.25, -0.2) is 0 Å². The van der Waals surface area contributed by atoms with Crippen LogP contribution in [-0.2, 0) is 6.42 Å². The van der Waals surface area contributed by atoms with E-state index < -0.39 is 0 Å². The molecule has 1 atom stereocenters. The summed E-state index contributed by atoms with van der Waals surface area (Å²) in [4.78, 5) is 4.13. The number of alkyl halides is 1. The van der Waals surface area contributed by atoms with Crippen LogP contribution in [0.5, 0.6) is 0 Å². The van der Waals surface area contributed by atoms with E-state index in [-0.39, 0.29) is 5.38 Å². The molecule has 1 nitrogen and oxygen atoms in total. The van der Waals surface area contributed by atoms with Crippen molar-refractivity contribution < 1.29 is 0 Å². The molecule has 1 aromatic heterocycles. The maximum Gasteiger partial charge on any atom is 0.0640 e. The first kappa shape index (κ1) is 12.2. The Bertz CT molecular complexity index is 674. The molecule has 0 bridgehead atoms. The van der Waals surface area contributed by atoms with Crippen molar-refractivity contribution in [2.24, 2.45) is 0 Å². The molecule has 0 spiro atoms. The van der Waals surface area contributed by atoms with E-state index in [4.69, 9.17) is 11.6 Å². The lowest BCUT2D eigenvalue weighted by Crippen LogP contribution is -1.97. The third-order valence-corrected chi connectivity index (χ3v) is 3.73. The highest BCUT2D eigenvalue weighted by atomic mass is 35.5. The van der Waals surface area contributed by atoms with Gasteiger partial charge in [0, 0.05) is 12.4 Å². The Labute approximate surface area is 117 Å². The number of nitrogens with zero attached hydrogens (tertiary/aromatic N) is 1. The van der Waals surface area contributed by atoms with E-state index >= 15 is 0 Å². The average molecular weight is 268 g/mol. The van der Waals surface area contributed by atoms with Gasteiger partial charge in [0.2, 0.25) is 0 Å². The normalized spacial score (nSPS) is 12.5. The van der Waals surface area contributed by atoms with Gasteiger partial charge in [0.15, 0.2) is 0 Å². The van der Waals surface area contributed by atoms with Crippen molar-refractivity contribution in [3.8, 4) is 0 Å². The summed E-state index contributed by atoms with van der Waals surface area (Å²) in [6, 6.07) is 18.7. The first-order valence-corrected chi connectivity index (χ1v) is 6.79. The van der Waals surface area contributed by atoms with Gasteiger partial charge in [-0.1, -0.05) is 48.5 Å². The Morgan fingerprint density at radius 3 is 2.63 bits per heavy atom. The predicted octanol–water partition coefficient (Wildman–Crippen LogP) is 4.76. The molecule has 0 saturated carbocycles. The number of benzene rings is 2. The summed E-state index contributed by atoms with van der Waals surface area (Å²) in [6.45, 7) is 0. The van der Waals surface area contributed by atoms with Crippen LogP contribution in [0.2, 0.25) is 0 Å². The average Bonchev–Trinajstić information content (AvgIpc) is 2.48. The minimum Gasteiger partial charge on any atom is -0.264 e. The Hall–Kier alpha value is -1.86. The second kappa shape index (κ2) is 5.41. The minimum atomic E-state index is -0.0421. The third kappa shape index (κ3) is 2.61. The zero-order chi connectivity index (χ0) is 13.1. The van der Waals surface area contributed by atoms with Gasteiger partial charge in [0.1, 0.15) is 0 Å². The fourth-order valence-corrected chi connectivity index (χ4v) is 2.64. The van der Waals surface area contributed by atoms with Gasteiger partial charge in [0.05, 0.1) is 5.38 Å². The number of aromatic nitrogens is 1. The number of fused-ring (bicyclic) bond motifs is 1. The van der Waals surface area contributed by atoms with Gasteiger partial charge >= 0.3 is 0 Å². The maximum absolute atomic E-state index is 6.50. The summed E-state index contributed by atoms with van der Waals surface area (Å²) in [5, 5.41) is 2.49. The molecule has 2 aromatic carbocycles. The van der Waals surface area contributed by atoms with Crippen LogP contribution >= 0.6 is 11.6 Å². The number of hydrogen-bond acceptors (Lipinski definition) is 1. The summed E-state index contributed by atoms with van der Waals surface area (Å²) < 4.78 is 0. The van der Waals surface area contributed by atoms with E-state index in [1.165, 1.54) is 16.3 Å². The fourth-order valence-electron chi connectivity index (χ4n) is 2.34. The van der Waals surface area contributed by atoms with E-state index in [9.17, 15) is 0 Å². The van der Waals surface area contributed by atoms with E-state index in [1.54, 1.807) is 6.20 Å². The van der Waals surface area contributed by atoms with Crippen LogP contribution in [0.25, 0.3) is 10.8 Å². The van der Waals surface area contributed by atoms with E-state index in [1.807, 2.05) is 18.3 Å². The second-order valence-corrected chi connectivity index (χ2v) is 5.12. The molecule has 0 aliphatic rings. The molecule has 0 amide bonds. The molecule has 0 radical (unpaired) electrons. The Kier molecular flexibility index (Phi) is 3.47. The lowest BCUT2D eigenvalue weighted by Gasteiger charge is -2.11. The van der Waals surface area contributed by atoms with Gasteiger partial charge in [-0.2, -0.15) is 0 Å². The predicted molar refractivity (Wildman–Crippen MR) is 80.5 cm³/mol. The minimum absolute atomic E-state index is 0.0421. The smallest absolute Gasteiger partial charge is 0.0640 e. The summed E-state index contributed by atoms with van der Waals surface area (Å²) >= 11 is 6.50. The van der Waals surface area contributed by atoms with Gasteiger partial charge < -0.3 is 0 Å². The van der Waals surface area contributed by atoms with Crippen molar-refractivity contribution in [2.45, 2.75) is 11.8 Å². The Morgan fingerprint density at radius 1 is 0.947 bits per heavy atom. The fraction of sp³-hybridized carbons (Fsp3) is 0.118. The van der Waals surface area contributed by atoms with E-state index in [2.05, 4.69) is 47.4 Å². The van der Waals surface area contributed by atoms with Gasteiger partial charge in [-0.15, -0.1) is 11.6 Å². The highest BCUT2D eigenvalue weighted by Gasteiger charge is 2.10. The largest absolute Gasteiger partial charge is 0.264 e. The molecule has 0 aliphatic heterocycles. The quantitative estimate of drug-likeness (QED) is 0.624. The highest BCUT2D eigenvalue weighted by molar-refractivity contribution is 6.21. The van der Waals surface area contributed by atoms with E-state index in [0.717, 1.165) is 12.0 Å². The summed E-state index contributed by atoms with van der Waals surface area (Å²) in [7, 11) is 0. The molecule has 3 rings (SSSR count). The van der Waals surface area contributed by atoms with Gasteiger partial charge in [-0.3, -0.25) is 4.98 Å². The van der Waals surface area contributed by atoms with Crippen molar-refractivity contribution in [3.05, 3.63) is 78.1 Å². The van der Waals surface area contributed by atoms with Crippen molar-refractivity contribution in [2.75, 3.05) is 0 Å². The molecular weight excluding hydrogens is 254 g/mol. The standard InChI is InChI=1S/C17H14ClN/c18-17(15-8-4-10-19-12-15)11-14-7-3-6-13-5-1-2-9-16(13)14/h1-10,12,17H,11H2. The number of rotatable bonds is 3. The zero-order valence-electron chi connectivity index (χ0n) is 10.5. The molecule has 3 aromatic rings. The summed E-state index contributed by atoms with van der Waals surface area (Å²) in [5.41, 5.74) is 2.35. The van der Waals surface area contributed by atoms with Crippen LogP contribution in [0.1, 0.15) is 16.5 Å². The Morgan fingerprint density at radius 2 is 1.79 bits per heavy atom. The van der Waals surface area contributed by atoms with Gasteiger partial charge in [0.25, 0.3) is 0 Å². The monoisotopic (exact) mass is 267 g/mol. The Balaban J connectivity index is 1.94. The molecule has 94 valence electrons. The number of halogens is 1. The lowest BCUT2D eigenvalue weighted by molar-refractivity contribution is 0.918. The van der Waals surface area contributed by atoms with Gasteiger partial charge in [-0.05, 0) is 34.4 Å². The van der Waals surface area contributed by atoms with Crippen LogP contribution in [-0.4, -0.2) is 4.98 Å². The second-order valence-electron chi connectivity index (χ2n) is 4.60. The maximum atomic E-state index is 6.50. The van der Waals surface area contributed by atoms with Crippen LogP contribution in [0.3, 0.4) is 0 Å². The molecule has 0 fully saturated rings. The van der Waals surface area contributed by atoms with Crippen molar-refractivity contribution in [3.63, 3.8) is 0 Å². The molecule has 1 unspecified atom stereocenters. The van der Waals surface area contributed by atoms with Crippen molar-refractivity contribution in [1.82, 2.24) is 4.98 Å². The molecule has 2 heteroatoms.